The maximum atomic E-state index is 12.9. The zero-order valence-corrected chi connectivity index (χ0v) is 14.1. The van der Waals surface area contributed by atoms with Gasteiger partial charge in [-0.3, -0.25) is 4.79 Å². The van der Waals surface area contributed by atoms with Gasteiger partial charge in [0.25, 0.3) is 5.91 Å². The van der Waals surface area contributed by atoms with Crippen LogP contribution in [0.15, 0.2) is 52.0 Å². The molecule has 2 aromatic carbocycles. The third kappa shape index (κ3) is 1.83. The fraction of sp³-hybridized carbons (Fsp3) is 0.158. The number of hydrogen-bond acceptors (Lipinski definition) is 5. The van der Waals surface area contributed by atoms with E-state index >= 15 is 0 Å². The highest BCUT2D eigenvalue weighted by atomic mass is 32.1. The van der Waals surface area contributed by atoms with Gasteiger partial charge in [0.1, 0.15) is 17.1 Å². The lowest BCUT2D eigenvalue weighted by atomic mass is 9.92. The zero-order chi connectivity index (χ0) is 17.2. The smallest absolute Gasteiger partial charge is 0.274 e. The molecule has 0 bridgehead atoms. The molecular formula is C19H14N4OS. The molecule has 122 valence electrons. The molecule has 3 aliphatic rings. The summed E-state index contributed by atoms with van der Waals surface area (Å²) in [6, 6.07) is 11.8. The van der Waals surface area contributed by atoms with Crippen LogP contribution in [0, 0.1) is 0 Å². The highest BCUT2D eigenvalue weighted by Crippen LogP contribution is 2.44. The number of benzene rings is 2. The third-order valence-electron chi connectivity index (χ3n) is 5.31. The van der Waals surface area contributed by atoms with Gasteiger partial charge < -0.3 is 10.6 Å². The van der Waals surface area contributed by atoms with E-state index in [0.29, 0.717) is 24.2 Å². The first-order valence-electron chi connectivity index (χ1n) is 8.07. The molecule has 0 aromatic heterocycles. The summed E-state index contributed by atoms with van der Waals surface area (Å²) in [6.07, 6.45) is 5.18. The molecule has 1 spiro atoms. The third-order valence-corrected chi connectivity index (χ3v) is 5.51. The van der Waals surface area contributed by atoms with Crippen LogP contribution in [0.25, 0.3) is 6.08 Å². The summed E-state index contributed by atoms with van der Waals surface area (Å²) in [4.78, 5) is 19.4. The minimum Gasteiger partial charge on any atom is -0.397 e. The van der Waals surface area contributed by atoms with Crippen molar-refractivity contribution in [1.82, 2.24) is 4.90 Å². The van der Waals surface area contributed by atoms with Gasteiger partial charge in [0.15, 0.2) is 0 Å². The van der Waals surface area contributed by atoms with Crippen LogP contribution in [0.5, 0.6) is 0 Å². The van der Waals surface area contributed by atoms with E-state index < -0.39 is 5.54 Å². The fourth-order valence-electron chi connectivity index (χ4n) is 4.08. The Labute approximate surface area is 150 Å². The normalized spacial score (nSPS) is 22.6. The van der Waals surface area contributed by atoms with Gasteiger partial charge in [-0.2, -0.15) is 9.36 Å². The number of aliphatic imine (C=N–C) groups is 1. The van der Waals surface area contributed by atoms with E-state index in [1.807, 2.05) is 53.6 Å². The topological polar surface area (TPSA) is 71.0 Å². The molecule has 1 atom stereocenters. The van der Waals surface area contributed by atoms with Gasteiger partial charge in [-0.25, -0.2) is 0 Å². The van der Waals surface area contributed by atoms with E-state index in [4.69, 9.17) is 18.2 Å². The second-order valence-corrected chi connectivity index (χ2v) is 6.85. The van der Waals surface area contributed by atoms with E-state index in [0.717, 1.165) is 28.1 Å². The van der Waals surface area contributed by atoms with Crippen molar-refractivity contribution in [3.05, 3.63) is 64.9 Å². The number of amides is 1. The van der Waals surface area contributed by atoms with Crippen molar-refractivity contribution in [3.8, 4) is 0 Å². The van der Waals surface area contributed by atoms with Gasteiger partial charge in [0, 0.05) is 37.0 Å². The average Bonchev–Trinajstić information content (AvgIpc) is 3.12. The molecule has 1 aliphatic carbocycles. The van der Waals surface area contributed by atoms with Crippen molar-refractivity contribution < 1.29 is 4.79 Å². The minimum absolute atomic E-state index is 0.101. The van der Waals surface area contributed by atoms with Crippen molar-refractivity contribution >= 4 is 41.6 Å². The quantitative estimate of drug-likeness (QED) is 0.806. The Morgan fingerprint density at radius 1 is 1.20 bits per heavy atom. The van der Waals surface area contributed by atoms with Crippen LogP contribution in [0.4, 0.5) is 11.4 Å². The standard InChI is InChI=1S/C19H14N4OS/c20-15-7-12-9-19(10-13(12)8-16(15)22-25)18(24)21-17-14-4-2-1-3-11(14)5-6-23(17)19/h1-8H,9-10,20H2. The first-order valence-corrected chi connectivity index (χ1v) is 8.44. The van der Waals surface area contributed by atoms with Gasteiger partial charge in [0.05, 0.1) is 5.69 Å². The monoisotopic (exact) mass is 346 g/mol. The highest BCUT2D eigenvalue weighted by molar-refractivity contribution is 7.47. The van der Waals surface area contributed by atoms with Gasteiger partial charge in [-0.15, -0.1) is 0 Å². The van der Waals surface area contributed by atoms with E-state index in [2.05, 4.69) is 9.36 Å². The first kappa shape index (κ1) is 14.5. The lowest BCUT2D eigenvalue weighted by Crippen LogP contribution is -2.50. The summed E-state index contributed by atoms with van der Waals surface area (Å²) in [6.45, 7) is 0. The molecule has 1 unspecified atom stereocenters. The van der Waals surface area contributed by atoms with Crippen molar-refractivity contribution in [2.24, 2.45) is 9.36 Å². The lowest BCUT2D eigenvalue weighted by Gasteiger charge is -2.34. The second-order valence-electron chi connectivity index (χ2n) is 6.67. The van der Waals surface area contributed by atoms with Crippen LogP contribution >= 0.6 is 0 Å². The molecule has 0 saturated heterocycles. The number of nitrogen functional groups attached to an aromatic ring is 1. The predicted molar refractivity (Wildman–Crippen MR) is 99.3 cm³/mol. The number of nitrogens with two attached hydrogens (primary N) is 1. The number of hydrogen-bond donors (Lipinski definition) is 1. The Kier molecular flexibility index (Phi) is 2.80. The van der Waals surface area contributed by atoms with Crippen molar-refractivity contribution in [2.45, 2.75) is 18.4 Å². The number of fused-ring (bicyclic) bond motifs is 5. The Morgan fingerprint density at radius 3 is 2.76 bits per heavy atom. The van der Waals surface area contributed by atoms with Crippen molar-refractivity contribution in [2.75, 3.05) is 5.73 Å². The predicted octanol–water partition coefficient (Wildman–Crippen LogP) is 2.74. The van der Waals surface area contributed by atoms with Crippen LogP contribution in [0.3, 0.4) is 0 Å². The van der Waals surface area contributed by atoms with Crippen LogP contribution in [0.1, 0.15) is 22.3 Å². The Hall–Kier alpha value is -2.86. The second kappa shape index (κ2) is 4.83. The van der Waals surface area contributed by atoms with Gasteiger partial charge in [-0.05, 0) is 34.9 Å². The fourth-order valence-corrected chi connectivity index (χ4v) is 4.24. The molecule has 1 amide bonds. The Morgan fingerprint density at radius 2 is 1.96 bits per heavy atom. The zero-order valence-electron chi connectivity index (χ0n) is 13.3. The highest BCUT2D eigenvalue weighted by Gasteiger charge is 2.54. The van der Waals surface area contributed by atoms with E-state index in [1.165, 1.54) is 0 Å². The lowest BCUT2D eigenvalue weighted by molar-refractivity contribution is -0.124. The average molecular weight is 346 g/mol. The van der Waals surface area contributed by atoms with Crippen molar-refractivity contribution in [1.29, 1.82) is 0 Å². The van der Waals surface area contributed by atoms with Gasteiger partial charge in [-0.1, -0.05) is 24.3 Å². The number of nitrogens with zero attached hydrogens (tertiary/aromatic N) is 3. The largest absolute Gasteiger partial charge is 0.397 e. The Bertz CT molecular complexity index is 1030. The summed E-state index contributed by atoms with van der Waals surface area (Å²) in [5.41, 5.74) is 10.7. The van der Waals surface area contributed by atoms with Gasteiger partial charge >= 0.3 is 0 Å². The molecule has 0 fully saturated rings. The molecule has 6 heteroatoms. The number of anilines is 1. The molecule has 5 nitrogen and oxygen atoms in total. The Balaban J connectivity index is 1.61. The number of carbonyl (C=O) groups excluding carboxylic acids is 1. The van der Waals surface area contributed by atoms with Crippen LogP contribution in [-0.4, -0.2) is 22.2 Å². The van der Waals surface area contributed by atoms with E-state index in [1.54, 1.807) is 0 Å². The van der Waals surface area contributed by atoms with Crippen LogP contribution in [0.2, 0.25) is 0 Å². The maximum Gasteiger partial charge on any atom is 0.274 e. The SMILES string of the molecule is Nc1cc2c(cc1N=S)CC1(C2)C(=O)N=C2c3ccccc3C=CN21. The minimum atomic E-state index is -0.700. The summed E-state index contributed by atoms with van der Waals surface area (Å²) in [7, 11) is 0. The molecule has 2 heterocycles. The summed E-state index contributed by atoms with van der Waals surface area (Å²) in [5.74, 6) is 0.632. The number of amidine groups is 1. The molecule has 2 N–H and O–H groups in total. The molecular weight excluding hydrogens is 332 g/mol. The van der Waals surface area contributed by atoms with Crippen LogP contribution in [-0.2, 0) is 30.1 Å². The van der Waals surface area contributed by atoms with Crippen LogP contribution < -0.4 is 5.73 Å². The molecule has 5 rings (SSSR count). The number of rotatable bonds is 1. The maximum absolute atomic E-state index is 12.9. The molecule has 2 aromatic rings. The summed E-state index contributed by atoms with van der Waals surface area (Å²) in [5, 5.41) is 0. The first-order chi connectivity index (χ1) is 12.1. The van der Waals surface area contributed by atoms with E-state index in [-0.39, 0.29) is 5.91 Å². The molecule has 25 heavy (non-hydrogen) atoms. The van der Waals surface area contributed by atoms with E-state index in [9.17, 15) is 4.79 Å². The van der Waals surface area contributed by atoms with Crippen molar-refractivity contribution in [3.63, 3.8) is 0 Å². The molecule has 0 saturated carbocycles. The van der Waals surface area contributed by atoms with Gasteiger partial charge in [0.2, 0.25) is 0 Å². The number of carbonyl (C=O) groups is 1. The summed E-state index contributed by atoms with van der Waals surface area (Å²) < 4.78 is 3.81. The molecule has 0 radical (unpaired) electrons. The summed E-state index contributed by atoms with van der Waals surface area (Å²) >= 11 is 4.80. The molecule has 2 aliphatic heterocycles.